The molecule has 5 nitrogen and oxygen atoms in total. The summed E-state index contributed by atoms with van der Waals surface area (Å²) >= 11 is 2.25. The molecular weight excluding hydrogens is 434 g/mol. The highest BCUT2D eigenvalue weighted by Gasteiger charge is 2.21. The Bertz CT molecular complexity index is 723. The normalized spacial score (nSPS) is 15.6. The fraction of sp³-hybridized carbons (Fsp3) is 0.444. The number of hydrogen-bond acceptors (Lipinski definition) is 3. The number of rotatable bonds is 5. The van der Waals surface area contributed by atoms with Crippen LogP contribution in [0.1, 0.15) is 17.7 Å². The molecule has 0 radical (unpaired) electrons. The minimum absolute atomic E-state index is 0.186. The SMILES string of the molecule is Cc1c(I)cnn1CCC(=O)N1CCN(Cc2ccc(F)cc2)CC1. The molecule has 1 aromatic carbocycles. The Morgan fingerprint density at radius 1 is 1.20 bits per heavy atom. The van der Waals surface area contributed by atoms with Gasteiger partial charge in [-0.3, -0.25) is 14.4 Å². The van der Waals surface area contributed by atoms with Crippen LogP contribution in [-0.4, -0.2) is 51.7 Å². The molecule has 1 saturated heterocycles. The van der Waals surface area contributed by atoms with Crippen LogP contribution < -0.4 is 0 Å². The van der Waals surface area contributed by atoms with Crippen LogP contribution in [0.2, 0.25) is 0 Å². The van der Waals surface area contributed by atoms with Crippen LogP contribution in [0.3, 0.4) is 0 Å². The molecule has 0 atom stereocenters. The number of carbonyl (C=O) groups is 1. The highest BCUT2D eigenvalue weighted by atomic mass is 127. The molecule has 1 aromatic heterocycles. The summed E-state index contributed by atoms with van der Waals surface area (Å²) in [7, 11) is 0. The Hall–Kier alpha value is -1.48. The number of nitrogens with zero attached hydrogens (tertiary/aromatic N) is 4. The van der Waals surface area contributed by atoms with Crippen molar-refractivity contribution in [1.29, 1.82) is 0 Å². The van der Waals surface area contributed by atoms with Gasteiger partial charge in [-0.2, -0.15) is 5.10 Å². The van der Waals surface area contributed by atoms with Gasteiger partial charge in [-0.25, -0.2) is 4.39 Å². The quantitative estimate of drug-likeness (QED) is 0.650. The van der Waals surface area contributed by atoms with E-state index in [9.17, 15) is 9.18 Å². The van der Waals surface area contributed by atoms with Gasteiger partial charge in [0, 0.05) is 51.4 Å². The van der Waals surface area contributed by atoms with Gasteiger partial charge in [0.05, 0.1) is 9.77 Å². The molecule has 1 amide bonds. The molecule has 7 heteroatoms. The third-order valence-corrected chi connectivity index (χ3v) is 5.68. The lowest BCUT2D eigenvalue weighted by atomic mass is 10.2. The molecule has 1 fully saturated rings. The average Bonchev–Trinajstić information content (AvgIpc) is 2.94. The van der Waals surface area contributed by atoms with E-state index >= 15 is 0 Å². The molecule has 0 saturated carbocycles. The van der Waals surface area contributed by atoms with Crippen molar-refractivity contribution in [2.45, 2.75) is 26.4 Å². The van der Waals surface area contributed by atoms with E-state index < -0.39 is 0 Å². The van der Waals surface area contributed by atoms with Gasteiger partial charge < -0.3 is 4.90 Å². The Balaban J connectivity index is 1.44. The summed E-state index contributed by atoms with van der Waals surface area (Å²) in [5.74, 6) is -0.0207. The van der Waals surface area contributed by atoms with Gasteiger partial charge in [0.2, 0.25) is 5.91 Å². The Morgan fingerprint density at radius 3 is 2.48 bits per heavy atom. The predicted octanol–water partition coefficient (Wildman–Crippen LogP) is 2.67. The van der Waals surface area contributed by atoms with Crippen molar-refractivity contribution in [2.24, 2.45) is 0 Å². The molecule has 1 aliphatic rings. The van der Waals surface area contributed by atoms with Crippen LogP contribution in [0.5, 0.6) is 0 Å². The van der Waals surface area contributed by atoms with E-state index in [0.717, 1.165) is 47.6 Å². The minimum Gasteiger partial charge on any atom is -0.340 e. The Morgan fingerprint density at radius 2 is 1.88 bits per heavy atom. The summed E-state index contributed by atoms with van der Waals surface area (Å²) < 4.78 is 16.0. The van der Waals surface area contributed by atoms with Crippen molar-refractivity contribution >= 4 is 28.5 Å². The second-order valence-electron chi connectivity index (χ2n) is 6.33. The van der Waals surface area contributed by atoms with E-state index in [1.807, 2.05) is 34.8 Å². The van der Waals surface area contributed by atoms with Crippen molar-refractivity contribution in [2.75, 3.05) is 26.2 Å². The third kappa shape index (κ3) is 4.78. The smallest absolute Gasteiger partial charge is 0.224 e. The minimum atomic E-state index is -0.207. The van der Waals surface area contributed by atoms with Gasteiger partial charge in [-0.15, -0.1) is 0 Å². The first kappa shape index (κ1) is 18.3. The summed E-state index contributed by atoms with van der Waals surface area (Å²) in [5.41, 5.74) is 2.21. The summed E-state index contributed by atoms with van der Waals surface area (Å²) in [6, 6.07) is 6.63. The second kappa shape index (κ2) is 8.27. The van der Waals surface area contributed by atoms with Crippen molar-refractivity contribution < 1.29 is 9.18 Å². The van der Waals surface area contributed by atoms with Crippen molar-refractivity contribution in [1.82, 2.24) is 19.6 Å². The van der Waals surface area contributed by atoms with Gasteiger partial charge in [0.15, 0.2) is 0 Å². The maximum atomic E-state index is 13.0. The van der Waals surface area contributed by atoms with Crippen LogP contribution in [0.15, 0.2) is 30.5 Å². The number of halogens is 2. The molecule has 0 bridgehead atoms. The standard InChI is InChI=1S/C18H22FIN4O/c1-14-17(20)12-21-24(14)7-6-18(25)23-10-8-22(9-11-23)13-15-2-4-16(19)5-3-15/h2-5,12H,6-11,13H2,1H3. The Kier molecular flexibility index (Phi) is 6.06. The second-order valence-corrected chi connectivity index (χ2v) is 7.50. The van der Waals surface area contributed by atoms with Crippen molar-refractivity contribution in [3.05, 3.63) is 51.1 Å². The lowest BCUT2D eigenvalue weighted by molar-refractivity contribution is -0.133. The summed E-state index contributed by atoms with van der Waals surface area (Å²) in [6.07, 6.45) is 2.31. The van der Waals surface area contributed by atoms with E-state index in [4.69, 9.17) is 0 Å². The van der Waals surface area contributed by atoms with Crippen LogP contribution in [-0.2, 0) is 17.9 Å². The number of piperazine rings is 1. The van der Waals surface area contributed by atoms with E-state index in [1.165, 1.54) is 12.1 Å². The first-order valence-corrected chi connectivity index (χ1v) is 9.53. The number of hydrogen-bond donors (Lipinski definition) is 0. The van der Waals surface area contributed by atoms with Crippen molar-refractivity contribution in [3.8, 4) is 0 Å². The fourth-order valence-corrected chi connectivity index (χ4v) is 3.42. The maximum Gasteiger partial charge on any atom is 0.224 e. The number of amides is 1. The van der Waals surface area contributed by atoms with Crippen LogP contribution in [0.25, 0.3) is 0 Å². The predicted molar refractivity (Wildman–Crippen MR) is 103 cm³/mol. The first-order valence-electron chi connectivity index (χ1n) is 8.45. The lowest BCUT2D eigenvalue weighted by Gasteiger charge is -2.34. The molecule has 0 aliphatic carbocycles. The number of aryl methyl sites for hydroxylation is 1. The Labute approximate surface area is 160 Å². The molecular formula is C18H22FIN4O. The zero-order valence-electron chi connectivity index (χ0n) is 14.3. The topological polar surface area (TPSA) is 41.4 Å². The van der Waals surface area contributed by atoms with Crippen LogP contribution >= 0.6 is 22.6 Å². The van der Waals surface area contributed by atoms with Gasteiger partial charge in [0.25, 0.3) is 0 Å². The molecule has 0 spiro atoms. The highest BCUT2D eigenvalue weighted by molar-refractivity contribution is 14.1. The maximum absolute atomic E-state index is 13.0. The van der Waals surface area contributed by atoms with Gasteiger partial charge >= 0.3 is 0 Å². The molecule has 2 heterocycles. The number of carbonyl (C=O) groups excluding carboxylic acids is 1. The molecule has 25 heavy (non-hydrogen) atoms. The summed E-state index contributed by atoms with van der Waals surface area (Å²) in [5, 5.41) is 4.30. The summed E-state index contributed by atoms with van der Waals surface area (Å²) in [4.78, 5) is 16.7. The zero-order chi connectivity index (χ0) is 17.8. The largest absolute Gasteiger partial charge is 0.340 e. The van der Waals surface area contributed by atoms with E-state index in [1.54, 1.807) is 0 Å². The number of benzene rings is 1. The van der Waals surface area contributed by atoms with E-state index in [-0.39, 0.29) is 11.7 Å². The molecule has 3 rings (SSSR count). The van der Waals surface area contributed by atoms with Gasteiger partial charge in [-0.05, 0) is 47.2 Å². The molecule has 0 N–H and O–H groups in total. The van der Waals surface area contributed by atoms with Crippen LogP contribution in [0, 0.1) is 16.3 Å². The molecule has 2 aromatic rings. The van der Waals surface area contributed by atoms with E-state index in [2.05, 4.69) is 32.6 Å². The monoisotopic (exact) mass is 456 g/mol. The summed E-state index contributed by atoms with van der Waals surface area (Å²) in [6.45, 7) is 6.64. The first-order chi connectivity index (χ1) is 12.0. The highest BCUT2D eigenvalue weighted by Crippen LogP contribution is 2.12. The van der Waals surface area contributed by atoms with Crippen molar-refractivity contribution in [3.63, 3.8) is 0 Å². The molecule has 134 valence electrons. The van der Waals surface area contributed by atoms with Gasteiger partial charge in [-0.1, -0.05) is 12.1 Å². The third-order valence-electron chi connectivity index (χ3n) is 4.63. The zero-order valence-corrected chi connectivity index (χ0v) is 16.4. The average molecular weight is 456 g/mol. The van der Waals surface area contributed by atoms with Gasteiger partial charge in [0.1, 0.15) is 5.82 Å². The number of aromatic nitrogens is 2. The fourth-order valence-electron chi connectivity index (χ4n) is 3.01. The lowest BCUT2D eigenvalue weighted by Crippen LogP contribution is -2.48. The molecule has 1 aliphatic heterocycles. The van der Waals surface area contributed by atoms with Crippen LogP contribution in [0.4, 0.5) is 4.39 Å². The molecule has 0 unspecified atom stereocenters. The van der Waals surface area contributed by atoms with E-state index in [0.29, 0.717) is 13.0 Å².